The van der Waals surface area contributed by atoms with E-state index in [0.29, 0.717) is 0 Å². The Kier molecular flexibility index (Phi) is 9.41. The standard InChI is InChI=1S/C9H19N3/c1-3-5-6-7-9-11-12-10-8-4-2/h7,9H,3-6,8H2,1-2H3,(H,10,11)/b9-7+. The zero-order valence-electron chi connectivity index (χ0n) is 8.08. The fraction of sp³-hybridized carbons (Fsp3) is 0.778. The zero-order chi connectivity index (χ0) is 9.07. The molecule has 3 heteroatoms. The van der Waals surface area contributed by atoms with Gasteiger partial charge in [-0.05, 0) is 12.8 Å². The molecule has 0 amide bonds. The summed E-state index contributed by atoms with van der Waals surface area (Å²) in [6.07, 6.45) is 8.44. The Morgan fingerprint density at radius 2 is 2.08 bits per heavy atom. The van der Waals surface area contributed by atoms with Crippen LogP contribution in [0.5, 0.6) is 0 Å². The van der Waals surface area contributed by atoms with Crippen molar-refractivity contribution in [2.45, 2.75) is 39.5 Å². The van der Waals surface area contributed by atoms with Crippen LogP contribution in [0, 0.1) is 0 Å². The van der Waals surface area contributed by atoms with Crippen LogP contribution in [-0.4, -0.2) is 6.54 Å². The number of nitrogens with zero attached hydrogens (tertiary/aromatic N) is 2. The third-order valence-electron chi connectivity index (χ3n) is 1.39. The van der Waals surface area contributed by atoms with E-state index in [2.05, 4.69) is 29.6 Å². The van der Waals surface area contributed by atoms with Crippen LogP contribution in [0.25, 0.3) is 0 Å². The van der Waals surface area contributed by atoms with E-state index in [1.165, 1.54) is 12.8 Å². The van der Waals surface area contributed by atoms with E-state index in [-0.39, 0.29) is 0 Å². The van der Waals surface area contributed by atoms with Gasteiger partial charge in [0.05, 0.1) is 0 Å². The highest BCUT2D eigenvalue weighted by Crippen LogP contribution is 1.94. The second-order valence-corrected chi connectivity index (χ2v) is 2.65. The van der Waals surface area contributed by atoms with Gasteiger partial charge in [0.25, 0.3) is 0 Å². The second-order valence-electron chi connectivity index (χ2n) is 2.65. The SMILES string of the molecule is CCCC/C=C/N=N\NCCC. The Bertz CT molecular complexity index is 114. The predicted molar refractivity (Wildman–Crippen MR) is 51.8 cm³/mol. The molecule has 70 valence electrons. The van der Waals surface area contributed by atoms with Crippen molar-refractivity contribution >= 4 is 0 Å². The summed E-state index contributed by atoms with van der Waals surface area (Å²) in [7, 11) is 0. The van der Waals surface area contributed by atoms with Gasteiger partial charge >= 0.3 is 0 Å². The molecule has 0 saturated carbocycles. The molecule has 0 aliphatic carbocycles. The van der Waals surface area contributed by atoms with Crippen LogP contribution < -0.4 is 5.43 Å². The Balaban J connectivity index is 3.15. The molecule has 0 saturated heterocycles. The van der Waals surface area contributed by atoms with Gasteiger partial charge in [-0.15, -0.1) is 5.11 Å². The van der Waals surface area contributed by atoms with Crippen LogP contribution in [0.3, 0.4) is 0 Å². The quantitative estimate of drug-likeness (QED) is 0.355. The minimum Gasteiger partial charge on any atom is -0.291 e. The fourth-order valence-electron chi connectivity index (χ4n) is 0.680. The van der Waals surface area contributed by atoms with E-state index in [0.717, 1.165) is 19.4 Å². The number of nitrogens with one attached hydrogen (secondary N) is 1. The third kappa shape index (κ3) is 9.14. The lowest BCUT2D eigenvalue weighted by Gasteiger charge is -1.90. The average Bonchev–Trinajstić information content (AvgIpc) is 2.10. The molecule has 0 bridgehead atoms. The summed E-state index contributed by atoms with van der Waals surface area (Å²) < 4.78 is 0. The minimum atomic E-state index is 0.895. The lowest BCUT2D eigenvalue weighted by atomic mass is 10.2. The average molecular weight is 169 g/mol. The van der Waals surface area contributed by atoms with Crippen LogP contribution >= 0.6 is 0 Å². The first-order chi connectivity index (χ1) is 5.91. The molecule has 12 heavy (non-hydrogen) atoms. The second kappa shape index (κ2) is 10.1. The number of hydrogen-bond acceptors (Lipinski definition) is 2. The van der Waals surface area contributed by atoms with Gasteiger partial charge in [0.1, 0.15) is 0 Å². The molecule has 0 atom stereocenters. The smallest absolute Gasteiger partial charge is 0.0473 e. The van der Waals surface area contributed by atoms with Crippen LogP contribution in [0.4, 0.5) is 0 Å². The highest BCUT2D eigenvalue weighted by Gasteiger charge is 1.76. The van der Waals surface area contributed by atoms with Crippen molar-refractivity contribution in [3.05, 3.63) is 12.3 Å². The van der Waals surface area contributed by atoms with Crippen LogP contribution in [-0.2, 0) is 0 Å². The molecule has 0 aromatic carbocycles. The van der Waals surface area contributed by atoms with E-state index >= 15 is 0 Å². The number of hydrogen-bond donors (Lipinski definition) is 1. The van der Waals surface area contributed by atoms with E-state index < -0.39 is 0 Å². The molecule has 0 rings (SSSR count). The summed E-state index contributed by atoms with van der Waals surface area (Å²) >= 11 is 0. The summed E-state index contributed by atoms with van der Waals surface area (Å²) in [6, 6.07) is 0. The monoisotopic (exact) mass is 169 g/mol. The van der Waals surface area contributed by atoms with Crippen LogP contribution in [0.2, 0.25) is 0 Å². The largest absolute Gasteiger partial charge is 0.291 e. The number of rotatable bonds is 7. The molecule has 0 unspecified atom stereocenters. The van der Waals surface area contributed by atoms with Crippen molar-refractivity contribution in [3.63, 3.8) is 0 Å². The molecule has 0 aromatic heterocycles. The van der Waals surface area contributed by atoms with Gasteiger partial charge in [-0.3, -0.25) is 5.43 Å². The molecule has 0 spiro atoms. The van der Waals surface area contributed by atoms with Crippen LogP contribution in [0.15, 0.2) is 22.6 Å². The molecular formula is C9H19N3. The molecule has 0 aromatic rings. The van der Waals surface area contributed by atoms with Gasteiger partial charge in [0.15, 0.2) is 0 Å². The zero-order valence-corrected chi connectivity index (χ0v) is 8.08. The first kappa shape index (κ1) is 11.1. The van der Waals surface area contributed by atoms with Crippen molar-refractivity contribution in [2.24, 2.45) is 10.3 Å². The molecule has 1 N–H and O–H groups in total. The van der Waals surface area contributed by atoms with Gasteiger partial charge < -0.3 is 0 Å². The Labute approximate surface area is 74.9 Å². The Morgan fingerprint density at radius 1 is 1.25 bits per heavy atom. The number of unbranched alkanes of at least 4 members (excludes halogenated alkanes) is 2. The lowest BCUT2D eigenvalue weighted by Crippen LogP contribution is -2.03. The van der Waals surface area contributed by atoms with E-state index in [9.17, 15) is 0 Å². The van der Waals surface area contributed by atoms with Gasteiger partial charge in [-0.2, -0.15) is 0 Å². The van der Waals surface area contributed by atoms with Crippen molar-refractivity contribution in [2.75, 3.05) is 6.54 Å². The summed E-state index contributed by atoms with van der Waals surface area (Å²) in [5.74, 6) is 0. The molecule has 3 nitrogen and oxygen atoms in total. The maximum Gasteiger partial charge on any atom is 0.0473 e. The van der Waals surface area contributed by atoms with Crippen molar-refractivity contribution in [3.8, 4) is 0 Å². The summed E-state index contributed by atoms with van der Waals surface area (Å²) in [5, 5.41) is 7.56. The molecule has 0 aliphatic rings. The molecule has 0 heterocycles. The minimum absolute atomic E-state index is 0.895. The molecule has 0 radical (unpaired) electrons. The van der Waals surface area contributed by atoms with E-state index in [4.69, 9.17) is 0 Å². The summed E-state index contributed by atoms with van der Waals surface area (Å²) in [4.78, 5) is 0. The highest BCUT2D eigenvalue weighted by atomic mass is 15.4. The maximum atomic E-state index is 3.81. The van der Waals surface area contributed by atoms with E-state index in [1.54, 1.807) is 6.20 Å². The van der Waals surface area contributed by atoms with Gasteiger partial charge in [0.2, 0.25) is 0 Å². The van der Waals surface area contributed by atoms with Crippen molar-refractivity contribution < 1.29 is 0 Å². The normalized spacial score (nSPS) is 11.5. The fourth-order valence-corrected chi connectivity index (χ4v) is 0.680. The number of allylic oxidation sites excluding steroid dienone is 1. The first-order valence-corrected chi connectivity index (χ1v) is 4.69. The summed E-state index contributed by atoms with van der Waals surface area (Å²) in [6.45, 7) is 5.17. The third-order valence-corrected chi connectivity index (χ3v) is 1.39. The predicted octanol–water partition coefficient (Wildman–Crippen LogP) is 3.06. The molecular weight excluding hydrogens is 150 g/mol. The molecule has 0 fully saturated rings. The topological polar surface area (TPSA) is 36.8 Å². The Morgan fingerprint density at radius 3 is 2.75 bits per heavy atom. The van der Waals surface area contributed by atoms with Gasteiger partial charge in [-0.1, -0.05) is 38.0 Å². The van der Waals surface area contributed by atoms with Gasteiger partial charge in [0, 0.05) is 12.7 Å². The van der Waals surface area contributed by atoms with Crippen molar-refractivity contribution in [1.29, 1.82) is 0 Å². The molecule has 0 aliphatic heterocycles. The van der Waals surface area contributed by atoms with Crippen molar-refractivity contribution in [1.82, 2.24) is 5.43 Å². The lowest BCUT2D eigenvalue weighted by molar-refractivity contribution is 0.678. The highest BCUT2D eigenvalue weighted by molar-refractivity contribution is 4.77. The maximum absolute atomic E-state index is 3.81. The Hall–Kier alpha value is -0.860. The van der Waals surface area contributed by atoms with Crippen LogP contribution in [0.1, 0.15) is 39.5 Å². The van der Waals surface area contributed by atoms with Gasteiger partial charge in [-0.25, -0.2) is 0 Å². The first-order valence-electron chi connectivity index (χ1n) is 4.69. The summed E-state index contributed by atoms with van der Waals surface area (Å²) in [5.41, 5.74) is 2.83. The van der Waals surface area contributed by atoms with E-state index in [1.807, 2.05) is 6.08 Å².